The van der Waals surface area contributed by atoms with E-state index in [4.69, 9.17) is 0 Å². The number of amides is 1. The van der Waals surface area contributed by atoms with Crippen molar-refractivity contribution in [3.8, 4) is 0 Å². The summed E-state index contributed by atoms with van der Waals surface area (Å²) >= 11 is 2.82. The molecule has 0 aliphatic heterocycles. The molecule has 1 aromatic heterocycles. The second kappa shape index (κ2) is 9.44. The molecule has 5 nitrogen and oxygen atoms in total. The minimum atomic E-state index is -0.0356. The van der Waals surface area contributed by atoms with E-state index >= 15 is 0 Å². The predicted molar refractivity (Wildman–Crippen MR) is 103 cm³/mol. The van der Waals surface area contributed by atoms with E-state index < -0.39 is 0 Å². The highest BCUT2D eigenvalue weighted by Crippen LogP contribution is 2.28. The van der Waals surface area contributed by atoms with Crippen molar-refractivity contribution >= 4 is 39.8 Å². The summed E-state index contributed by atoms with van der Waals surface area (Å²) < 4.78 is 0.770. The van der Waals surface area contributed by atoms with Gasteiger partial charge in [-0.1, -0.05) is 61.2 Å². The second-order valence-corrected chi connectivity index (χ2v) is 7.48. The number of anilines is 2. The molecule has 7 heteroatoms. The lowest BCUT2D eigenvalue weighted by Gasteiger charge is -2.15. The lowest BCUT2D eigenvalue weighted by molar-refractivity contribution is -0.113. The number of benzene rings is 1. The molecular formula is C17H22N4OS2. The van der Waals surface area contributed by atoms with E-state index in [1.54, 1.807) is 6.08 Å². The lowest BCUT2D eigenvalue weighted by atomic mass is 9.97. The standard InChI is InChI=1S/C17H22N4OS2/c1-4-10-18-16-20-21-17(24-16)23-11-15(22)19-14-9-7-6-8-13(14)12(3)5-2/h4,6-9,12H,1,5,10-11H2,2-3H3,(H,18,20)(H,19,22)/t12-/m1/s1. The molecule has 24 heavy (non-hydrogen) atoms. The van der Waals surface area contributed by atoms with Crippen LogP contribution in [0.1, 0.15) is 31.7 Å². The van der Waals surface area contributed by atoms with E-state index in [1.165, 1.54) is 28.7 Å². The van der Waals surface area contributed by atoms with Gasteiger partial charge < -0.3 is 10.6 Å². The van der Waals surface area contributed by atoms with Crippen LogP contribution in [-0.4, -0.2) is 28.4 Å². The van der Waals surface area contributed by atoms with Crippen LogP contribution in [-0.2, 0) is 4.79 Å². The van der Waals surface area contributed by atoms with Gasteiger partial charge in [0, 0.05) is 12.2 Å². The minimum Gasteiger partial charge on any atom is -0.357 e. The molecule has 0 radical (unpaired) electrons. The normalized spacial score (nSPS) is 11.8. The number of nitrogens with one attached hydrogen (secondary N) is 2. The molecule has 0 aliphatic rings. The van der Waals surface area contributed by atoms with Gasteiger partial charge in [0.2, 0.25) is 11.0 Å². The maximum absolute atomic E-state index is 12.2. The van der Waals surface area contributed by atoms with E-state index in [9.17, 15) is 4.79 Å². The molecule has 1 atom stereocenters. The van der Waals surface area contributed by atoms with Crippen LogP contribution in [0.15, 0.2) is 41.3 Å². The van der Waals surface area contributed by atoms with E-state index in [2.05, 4.69) is 47.3 Å². The quantitative estimate of drug-likeness (QED) is 0.512. The third-order valence-electron chi connectivity index (χ3n) is 3.51. The number of hydrogen-bond donors (Lipinski definition) is 2. The van der Waals surface area contributed by atoms with Crippen molar-refractivity contribution in [2.75, 3.05) is 22.9 Å². The zero-order chi connectivity index (χ0) is 17.4. The Morgan fingerprint density at radius 1 is 1.42 bits per heavy atom. The topological polar surface area (TPSA) is 66.9 Å². The van der Waals surface area contributed by atoms with Crippen LogP contribution in [0.3, 0.4) is 0 Å². The monoisotopic (exact) mass is 362 g/mol. The highest BCUT2D eigenvalue weighted by molar-refractivity contribution is 8.01. The number of nitrogens with zero attached hydrogens (tertiary/aromatic N) is 2. The molecular weight excluding hydrogens is 340 g/mol. The first-order chi connectivity index (χ1) is 11.6. The molecule has 2 aromatic rings. The Bertz CT molecular complexity index is 687. The Hall–Kier alpha value is -1.86. The molecule has 1 aromatic carbocycles. The van der Waals surface area contributed by atoms with Gasteiger partial charge in [-0.15, -0.1) is 16.8 Å². The first-order valence-electron chi connectivity index (χ1n) is 7.83. The molecule has 1 heterocycles. The summed E-state index contributed by atoms with van der Waals surface area (Å²) in [5.74, 6) is 0.688. The number of aromatic nitrogens is 2. The molecule has 1 amide bonds. The number of carbonyl (C=O) groups excluding carboxylic acids is 1. The Balaban J connectivity index is 1.90. The van der Waals surface area contributed by atoms with Crippen LogP contribution in [0.4, 0.5) is 10.8 Å². The van der Waals surface area contributed by atoms with Crippen molar-refractivity contribution in [3.05, 3.63) is 42.5 Å². The summed E-state index contributed by atoms with van der Waals surface area (Å²) in [7, 11) is 0. The largest absolute Gasteiger partial charge is 0.357 e. The van der Waals surface area contributed by atoms with Crippen molar-refractivity contribution in [2.24, 2.45) is 0 Å². The van der Waals surface area contributed by atoms with Crippen molar-refractivity contribution in [3.63, 3.8) is 0 Å². The molecule has 0 unspecified atom stereocenters. The fourth-order valence-corrected chi connectivity index (χ4v) is 3.63. The van der Waals surface area contributed by atoms with Crippen LogP contribution >= 0.6 is 23.1 Å². The average molecular weight is 363 g/mol. The van der Waals surface area contributed by atoms with Crippen molar-refractivity contribution < 1.29 is 4.79 Å². The maximum Gasteiger partial charge on any atom is 0.234 e. The van der Waals surface area contributed by atoms with Gasteiger partial charge >= 0.3 is 0 Å². The Morgan fingerprint density at radius 3 is 2.96 bits per heavy atom. The molecule has 0 spiro atoms. The van der Waals surface area contributed by atoms with Crippen molar-refractivity contribution in [1.29, 1.82) is 0 Å². The molecule has 0 saturated carbocycles. The van der Waals surface area contributed by atoms with Gasteiger partial charge in [-0.2, -0.15) is 0 Å². The zero-order valence-electron chi connectivity index (χ0n) is 13.9. The van der Waals surface area contributed by atoms with Crippen LogP contribution in [0.5, 0.6) is 0 Å². The van der Waals surface area contributed by atoms with Crippen LogP contribution in [0.2, 0.25) is 0 Å². The maximum atomic E-state index is 12.2. The third-order valence-corrected chi connectivity index (χ3v) is 5.52. The molecule has 2 N–H and O–H groups in total. The summed E-state index contributed by atoms with van der Waals surface area (Å²) in [6, 6.07) is 7.97. The van der Waals surface area contributed by atoms with Crippen LogP contribution < -0.4 is 10.6 Å². The van der Waals surface area contributed by atoms with E-state index in [0.717, 1.165) is 21.6 Å². The van der Waals surface area contributed by atoms with Gasteiger partial charge in [-0.05, 0) is 24.0 Å². The summed E-state index contributed by atoms with van der Waals surface area (Å²) in [6.45, 7) is 8.60. The van der Waals surface area contributed by atoms with Gasteiger partial charge in [0.1, 0.15) is 0 Å². The molecule has 0 fully saturated rings. The first-order valence-corrected chi connectivity index (χ1v) is 9.64. The fraction of sp³-hybridized carbons (Fsp3) is 0.353. The highest BCUT2D eigenvalue weighted by Gasteiger charge is 2.12. The van der Waals surface area contributed by atoms with Gasteiger partial charge in [0.15, 0.2) is 4.34 Å². The van der Waals surface area contributed by atoms with Crippen LogP contribution in [0, 0.1) is 0 Å². The van der Waals surface area contributed by atoms with Gasteiger partial charge in [-0.3, -0.25) is 4.79 Å². The van der Waals surface area contributed by atoms with E-state index in [-0.39, 0.29) is 5.91 Å². The third kappa shape index (κ3) is 5.35. The summed E-state index contributed by atoms with van der Waals surface area (Å²) in [4.78, 5) is 12.2. The highest BCUT2D eigenvalue weighted by atomic mass is 32.2. The number of thioether (sulfide) groups is 1. The van der Waals surface area contributed by atoms with Crippen LogP contribution in [0.25, 0.3) is 0 Å². The smallest absolute Gasteiger partial charge is 0.234 e. The zero-order valence-corrected chi connectivity index (χ0v) is 15.5. The SMILES string of the molecule is C=CCNc1nnc(SCC(=O)Nc2ccccc2[C@H](C)CC)s1. The number of para-hydroxylation sites is 1. The lowest BCUT2D eigenvalue weighted by Crippen LogP contribution is -2.15. The number of carbonyl (C=O) groups is 1. The number of hydrogen-bond acceptors (Lipinski definition) is 6. The van der Waals surface area contributed by atoms with Crippen molar-refractivity contribution in [1.82, 2.24) is 10.2 Å². The Kier molecular flexibility index (Phi) is 7.27. The number of rotatable bonds is 9. The summed E-state index contributed by atoms with van der Waals surface area (Å²) in [5.41, 5.74) is 2.06. The van der Waals surface area contributed by atoms with Gasteiger partial charge in [0.05, 0.1) is 5.75 Å². The minimum absolute atomic E-state index is 0.0356. The average Bonchev–Trinajstić information content (AvgIpc) is 3.06. The molecule has 0 aliphatic carbocycles. The fourth-order valence-electron chi connectivity index (χ4n) is 2.07. The molecule has 2 rings (SSSR count). The van der Waals surface area contributed by atoms with Gasteiger partial charge in [-0.25, -0.2) is 0 Å². The first kappa shape index (κ1) is 18.5. The van der Waals surface area contributed by atoms with E-state index in [0.29, 0.717) is 18.2 Å². The second-order valence-electron chi connectivity index (χ2n) is 5.28. The Labute approximate surface area is 151 Å². The van der Waals surface area contributed by atoms with Crippen molar-refractivity contribution in [2.45, 2.75) is 30.5 Å². The molecule has 128 valence electrons. The van der Waals surface area contributed by atoms with Gasteiger partial charge in [0.25, 0.3) is 0 Å². The summed E-state index contributed by atoms with van der Waals surface area (Å²) in [5, 5.41) is 14.9. The van der Waals surface area contributed by atoms with E-state index in [1.807, 2.05) is 18.2 Å². The molecule has 0 saturated heterocycles. The predicted octanol–water partition coefficient (Wildman–Crippen LogP) is 4.38. The Morgan fingerprint density at radius 2 is 2.21 bits per heavy atom. The summed E-state index contributed by atoms with van der Waals surface area (Å²) in [6.07, 6.45) is 2.79. The molecule has 0 bridgehead atoms.